The number of benzene rings is 4. The van der Waals surface area contributed by atoms with Crippen molar-refractivity contribution in [3.63, 3.8) is 0 Å². The lowest BCUT2D eigenvalue weighted by atomic mass is 9.94. The topological polar surface area (TPSA) is 17.3 Å². The Hall–Kier alpha value is -3.65. The number of pyridine rings is 2. The Morgan fingerprint density at radius 1 is 0.794 bits per heavy atom. The second kappa shape index (κ2) is 6.70. The maximum absolute atomic E-state index is 4.97. The van der Waals surface area contributed by atoms with Crippen LogP contribution in [0.15, 0.2) is 72.9 Å². The van der Waals surface area contributed by atoms with Gasteiger partial charge in [-0.05, 0) is 64.7 Å². The summed E-state index contributed by atoms with van der Waals surface area (Å²) in [6.45, 7) is 2.29. The fraction of sp³-hybridized carbons (Fsp3) is 0.219. The van der Waals surface area contributed by atoms with Crippen LogP contribution in [0.5, 0.6) is 0 Å². The van der Waals surface area contributed by atoms with Crippen LogP contribution >= 0.6 is 0 Å². The first-order valence-electron chi connectivity index (χ1n) is 12.7. The normalized spacial score (nSPS) is 15.3. The molecule has 2 nitrogen and oxygen atoms in total. The first-order valence-corrected chi connectivity index (χ1v) is 12.7. The second-order valence-electron chi connectivity index (χ2n) is 10.3. The van der Waals surface area contributed by atoms with E-state index in [9.17, 15) is 0 Å². The van der Waals surface area contributed by atoms with E-state index in [1.165, 1.54) is 97.5 Å². The molecule has 8 rings (SSSR count). The summed E-state index contributed by atoms with van der Waals surface area (Å²) >= 11 is 0. The number of nitrogens with zero attached hydrogens (tertiary/aromatic N) is 2. The molecule has 0 saturated heterocycles. The van der Waals surface area contributed by atoms with Crippen molar-refractivity contribution in [3.05, 3.63) is 84.1 Å². The van der Waals surface area contributed by atoms with E-state index < -0.39 is 0 Å². The van der Waals surface area contributed by atoms with Crippen molar-refractivity contribution in [2.75, 3.05) is 0 Å². The molecule has 0 spiro atoms. The molecule has 2 heteroatoms. The molecule has 1 aliphatic rings. The maximum Gasteiger partial charge on any atom is 0.0823 e. The number of fused-ring (bicyclic) bond motifs is 7. The van der Waals surface area contributed by atoms with Gasteiger partial charge in [0, 0.05) is 27.7 Å². The Morgan fingerprint density at radius 2 is 1.68 bits per heavy atom. The van der Waals surface area contributed by atoms with Gasteiger partial charge in [-0.25, -0.2) is 0 Å². The molecule has 0 aliphatic heterocycles. The number of hydrogen-bond donors (Lipinski definition) is 0. The van der Waals surface area contributed by atoms with E-state index in [-0.39, 0.29) is 0 Å². The molecular weight excluding hydrogens is 412 g/mol. The fourth-order valence-corrected chi connectivity index (χ4v) is 7.01. The zero-order valence-electron chi connectivity index (χ0n) is 19.4. The third kappa shape index (κ3) is 2.33. The van der Waals surface area contributed by atoms with Crippen molar-refractivity contribution in [2.45, 2.75) is 39.0 Å². The predicted octanol–water partition coefficient (Wildman–Crippen LogP) is 8.58. The van der Waals surface area contributed by atoms with Crippen LogP contribution in [-0.2, 0) is 6.42 Å². The van der Waals surface area contributed by atoms with Crippen LogP contribution in [0, 0.1) is 12.8 Å². The molecule has 1 aliphatic carbocycles. The molecule has 0 N–H and O–H groups in total. The van der Waals surface area contributed by atoms with Gasteiger partial charge < -0.3 is 4.40 Å². The van der Waals surface area contributed by atoms with Gasteiger partial charge in [-0.2, -0.15) is 0 Å². The number of aromatic nitrogens is 2. The van der Waals surface area contributed by atoms with Gasteiger partial charge in [0.1, 0.15) is 0 Å². The first kappa shape index (κ1) is 18.7. The summed E-state index contributed by atoms with van der Waals surface area (Å²) in [6.07, 6.45) is 8.70. The van der Waals surface area contributed by atoms with Crippen molar-refractivity contribution < 1.29 is 0 Å². The molecule has 0 radical (unpaired) electrons. The van der Waals surface area contributed by atoms with Crippen molar-refractivity contribution >= 4 is 59.8 Å². The minimum Gasteiger partial charge on any atom is -0.308 e. The van der Waals surface area contributed by atoms with E-state index in [2.05, 4.69) is 78.1 Å². The van der Waals surface area contributed by atoms with Gasteiger partial charge in [0.15, 0.2) is 0 Å². The number of rotatable bonds is 2. The Labute approximate surface area is 198 Å². The first-order chi connectivity index (χ1) is 16.8. The highest BCUT2D eigenvalue weighted by Crippen LogP contribution is 2.44. The minimum atomic E-state index is 0.824. The number of aryl methyl sites for hydroxylation is 1. The Kier molecular flexibility index (Phi) is 3.69. The van der Waals surface area contributed by atoms with Crippen molar-refractivity contribution in [2.24, 2.45) is 5.92 Å². The van der Waals surface area contributed by atoms with Crippen LogP contribution in [0.4, 0.5) is 0 Å². The average molecular weight is 439 g/mol. The zero-order chi connectivity index (χ0) is 22.4. The monoisotopic (exact) mass is 438 g/mol. The summed E-state index contributed by atoms with van der Waals surface area (Å²) in [6, 6.07) is 25.0. The van der Waals surface area contributed by atoms with E-state index in [0.717, 1.165) is 11.4 Å². The summed E-state index contributed by atoms with van der Waals surface area (Å²) in [7, 11) is 0. The molecule has 164 valence electrons. The molecule has 4 aromatic carbocycles. The van der Waals surface area contributed by atoms with Gasteiger partial charge in [0.25, 0.3) is 0 Å². The quantitative estimate of drug-likeness (QED) is 0.195. The van der Waals surface area contributed by atoms with Crippen LogP contribution in [0.25, 0.3) is 59.8 Å². The van der Waals surface area contributed by atoms with Gasteiger partial charge in [-0.15, -0.1) is 0 Å². The van der Waals surface area contributed by atoms with Gasteiger partial charge in [-0.3, -0.25) is 4.98 Å². The molecular formula is C32H26N2. The van der Waals surface area contributed by atoms with Gasteiger partial charge in [0.2, 0.25) is 0 Å². The highest BCUT2D eigenvalue weighted by Gasteiger charge is 2.23. The molecule has 0 atom stereocenters. The molecule has 34 heavy (non-hydrogen) atoms. The van der Waals surface area contributed by atoms with Crippen LogP contribution in [-0.4, -0.2) is 9.38 Å². The Morgan fingerprint density at radius 3 is 2.59 bits per heavy atom. The van der Waals surface area contributed by atoms with Crippen LogP contribution < -0.4 is 0 Å². The van der Waals surface area contributed by atoms with E-state index in [1.807, 2.05) is 6.20 Å². The lowest BCUT2D eigenvalue weighted by molar-refractivity contribution is 0.548. The summed E-state index contributed by atoms with van der Waals surface area (Å²) < 4.78 is 2.57. The Balaban J connectivity index is 1.65. The third-order valence-corrected chi connectivity index (χ3v) is 8.50. The summed E-state index contributed by atoms with van der Waals surface area (Å²) in [5, 5.41) is 9.25. The summed E-state index contributed by atoms with van der Waals surface area (Å²) in [5.74, 6) is 0.824. The predicted molar refractivity (Wildman–Crippen MR) is 144 cm³/mol. The lowest BCUT2D eigenvalue weighted by Crippen LogP contribution is -1.99. The van der Waals surface area contributed by atoms with E-state index in [1.54, 1.807) is 0 Å². The van der Waals surface area contributed by atoms with Crippen molar-refractivity contribution in [1.29, 1.82) is 0 Å². The lowest BCUT2D eigenvalue weighted by Gasteiger charge is -2.15. The van der Waals surface area contributed by atoms with E-state index in [0.29, 0.717) is 0 Å². The minimum absolute atomic E-state index is 0.824. The van der Waals surface area contributed by atoms with Crippen LogP contribution in [0.2, 0.25) is 0 Å². The van der Waals surface area contributed by atoms with Crippen LogP contribution in [0.3, 0.4) is 0 Å². The molecule has 0 unspecified atom stereocenters. The summed E-state index contributed by atoms with van der Waals surface area (Å²) in [4.78, 5) is 4.97. The molecule has 3 heterocycles. The van der Waals surface area contributed by atoms with E-state index >= 15 is 0 Å². The molecule has 7 aromatic rings. The standard InChI is InChI=1S/C32H26N2/c1-19-24-11-5-4-9-22(24)18-26-30-29-21(15-16-33-30)13-14-25-28-23(17-20-7-2-3-8-20)10-6-12-27(28)34(31(19)26)32(25)29/h4-6,9-16,18,20H,2-3,7-8,17H2,1H3. The molecule has 0 bridgehead atoms. The average Bonchev–Trinajstić information content (AvgIpc) is 3.50. The molecule has 0 amide bonds. The van der Waals surface area contributed by atoms with Crippen LogP contribution in [0.1, 0.15) is 36.8 Å². The zero-order valence-corrected chi connectivity index (χ0v) is 19.4. The highest BCUT2D eigenvalue weighted by atomic mass is 14.9. The molecule has 1 saturated carbocycles. The third-order valence-electron chi connectivity index (χ3n) is 8.50. The largest absolute Gasteiger partial charge is 0.308 e. The molecule has 3 aromatic heterocycles. The Bertz CT molecular complexity index is 1900. The van der Waals surface area contributed by atoms with E-state index in [4.69, 9.17) is 4.98 Å². The maximum atomic E-state index is 4.97. The van der Waals surface area contributed by atoms with Crippen molar-refractivity contribution in [1.82, 2.24) is 9.38 Å². The SMILES string of the molecule is Cc1c2ccccc2cc2c3nccc4ccc5c6c(CC7CCCC7)cccc6n(c12)c5c43. The fourth-order valence-electron chi connectivity index (χ4n) is 7.01. The molecule has 1 fully saturated rings. The summed E-state index contributed by atoms with van der Waals surface area (Å²) in [5.41, 5.74) is 7.95. The van der Waals surface area contributed by atoms with Gasteiger partial charge >= 0.3 is 0 Å². The van der Waals surface area contributed by atoms with Gasteiger partial charge in [0.05, 0.1) is 22.1 Å². The second-order valence-corrected chi connectivity index (χ2v) is 10.3. The smallest absolute Gasteiger partial charge is 0.0823 e. The highest BCUT2D eigenvalue weighted by molar-refractivity contribution is 6.29. The number of hydrogen-bond acceptors (Lipinski definition) is 1. The van der Waals surface area contributed by atoms with Gasteiger partial charge in [-0.1, -0.05) is 74.2 Å². The van der Waals surface area contributed by atoms with Crippen molar-refractivity contribution in [3.8, 4) is 0 Å².